The Labute approximate surface area is 106 Å². The van der Waals surface area contributed by atoms with E-state index in [2.05, 4.69) is 23.3 Å². The van der Waals surface area contributed by atoms with Gasteiger partial charge in [0.1, 0.15) is 0 Å². The predicted octanol–water partition coefficient (Wildman–Crippen LogP) is 3.34. The number of hydrogen-bond donors (Lipinski definition) is 1. The van der Waals surface area contributed by atoms with Crippen LogP contribution in [0.2, 0.25) is 5.22 Å². The molecule has 1 unspecified atom stereocenters. The summed E-state index contributed by atoms with van der Waals surface area (Å²) in [6.45, 7) is 4.93. The fourth-order valence-corrected chi connectivity index (χ4v) is 2.08. The highest BCUT2D eigenvalue weighted by Gasteiger charge is 2.18. The Morgan fingerprint density at radius 1 is 1.47 bits per heavy atom. The van der Waals surface area contributed by atoms with E-state index in [0.29, 0.717) is 5.22 Å². The smallest absolute Gasteiger partial charge is 0.198 e. The van der Waals surface area contributed by atoms with E-state index in [9.17, 15) is 0 Å². The summed E-state index contributed by atoms with van der Waals surface area (Å²) in [5, 5.41) is 3.81. The van der Waals surface area contributed by atoms with E-state index in [1.54, 1.807) is 6.26 Å². The molecule has 0 radical (unpaired) electrons. The van der Waals surface area contributed by atoms with Crippen molar-refractivity contribution in [1.82, 2.24) is 10.3 Å². The summed E-state index contributed by atoms with van der Waals surface area (Å²) in [6.07, 6.45) is 5.29. The summed E-state index contributed by atoms with van der Waals surface area (Å²) in [7, 11) is 0. The van der Waals surface area contributed by atoms with Crippen molar-refractivity contribution < 1.29 is 4.42 Å². The second-order valence-corrected chi connectivity index (χ2v) is 4.28. The molecule has 2 aromatic rings. The molecule has 0 aliphatic heterocycles. The average molecular weight is 251 g/mol. The van der Waals surface area contributed by atoms with Gasteiger partial charge >= 0.3 is 0 Å². The fraction of sp³-hybridized carbons (Fsp3) is 0.308. The molecule has 1 N–H and O–H groups in total. The largest absolute Gasteiger partial charge is 0.453 e. The lowest BCUT2D eigenvalue weighted by molar-refractivity contribution is 0.555. The maximum atomic E-state index is 6.03. The van der Waals surface area contributed by atoms with Crippen molar-refractivity contribution in [3.05, 3.63) is 52.7 Å². The number of nitrogens with zero attached hydrogens (tertiary/aromatic N) is 1. The van der Waals surface area contributed by atoms with Gasteiger partial charge in [-0.15, -0.1) is 0 Å². The van der Waals surface area contributed by atoms with Crippen LogP contribution >= 0.6 is 11.6 Å². The number of aromatic nitrogens is 1. The second kappa shape index (κ2) is 5.34. The molecule has 0 saturated heterocycles. The van der Waals surface area contributed by atoms with Gasteiger partial charge in [0, 0.05) is 18.0 Å². The minimum Gasteiger partial charge on any atom is -0.453 e. The van der Waals surface area contributed by atoms with Crippen LogP contribution in [0.25, 0.3) is 0 Å². The molecule has 1 atom stereocenters. The van der Waals surface area contributed by atoms with Gasteiger partial charge in [-0.1, -0.05) is 13.0 Å². The molecule has 4 heteroatoms. The molecular formula is C13H15ClN2O. The van der Waals surface area contributed by atoms with Gasteiger partial charge in [-0.05, 0) is 42.3 Å². The number of pyridine rings is 1. The standard InChI is InChI=1S/C13H15ClN2O/c1-3-16-12(11-4-5-17-13(11)14)10-6-9(2)7-15-8-10/h4-8,12,16H,3H2,1-2H3. The van der Waals surface area contributed by atoms with Crippen molar-refractivity contribution in [3.8, 4) is 0 Å². The topological polar surface area (TPSA) is 38.1 Å². The van der Waals surface area contributed by atoms with E-state index in [1.165, 1.54) is 0 Å². The highest BCUT2D eigenvalue weighted by Crippen LogP contribution is 2.29. The maximum Gasteiger partial charge on any atom is 0.198 e. The summed E-state index contributed by atoms with van der Waals surface area (Å²) < 4.78 is 5.15. The summed E-state index contributed by atoms with van der Waals surface area (Å²) in [5.74, 6) is 0. The predicted molar refractivity (Wildman–Crippen MR) is 68.2 cm³/mol. The summed E-state index contributed by atoms with van der Waals surface area (Å²) in [5.41, 5.74) is 3.17. The molecule has 17 heavy (non-hydrogen) atoms. The Bertz CT molecular complexity index is 496. The Morgan fingerprint density at radius 3 is 2.88 bits per heavy atom. The quantitative estimate of drug-likeness (QED) is 0.905. The first kappa shape index (κ1) is 12.1. The molecule has 0 spiro atoms. The monoisotopic (exact) mass is 250 g/mol. The van der Waals surface area contributed by atoms with Crippen LogP contribution in [0.15, 0.2) is 35.2 Å². The lowest BCUT2D eigenvalue weighted by Gasteiger charge is -2.17. The van der Waals surface area contributed by atoms with Crippen molar-refractivity contribution in [3.63, 3.8) is 0 Å². The van der Waals surface area contributed by atoms with Gasteiger partial charge in [0.2, 0.25) is 0 Å². The van der Waals surface area contributed by atoms with Crippen LogP contribution in [0.1, 0.15) is 29.7 Å². The molecule has 3 nitrogen and oxygen atoms in total. The molecule has 0 saturated carbocycles. The van der Waals surface area contributed by atoms with E-state index < -0.39 is 0 Å². The van der Waals surface area contributed by atoms with E-state index in [-0.39, 0.29) is 6.04 Å². The van der Waals surface area contributed by atoms with Gasteiger partial charge in [-0.2, -0.15) is 0 Å². The molecule has 2 heterocycles. The van der Waals surface area contributed by atoms with Gasteiger partial charge in [0.25, 0.3) is 0 Å². The number of furan rings is 1. The van der Waals surface area contributed by atoms with Crippen LogP contribution in [0.4, 0.5) is 0 Å². The van der Waals surface area contributed by atoms with Gasteiger partial charge in [0.05, 0.1) is 12.3 Å². The van der Waals surface area contributed by atoms with Crippen molar-refractivity contribution in [1.29, 1.82) is 0 Å². The third-order valence-electron chi connectivity index (χ3n) is 2.59. The van der Waals surface area contributed by atoms with Gasteiger partial charge in [-0.3, -0.25) is 4.98 Å². The highest BCUT2D eigenvalue weighted by molar-refractivity contribution is 6.29. The van der Waals surface area contributed by atoms with Crippen molar-refractivity contribution in [2.24, 2.45) is 0 Å². The zero-order valence-electron chi connectivity index (χ0n) is 9.90. The molecular weight excluding hydrogens is 236 g/mol. The van der Waals surface area contributed by atoms with E-state index in [4.69, 9.17) is 16.0 Å². The van der Waals surface area contributed by atoms with Gasteiger partial charge in [0.15, 0.2) is 5.22 Å². The van der Waals surface area contributed by atoms with Crippen molar-refractivity contribution in [2.75, 3.05) is 6.54 Å². The molecule has 2 rings (SSSR count). The summed E-state index contributed by atoms with van der Waals surface area (Å²) >= 11 is 6.03. The Kier molecular flexibility index (Phi) is 3.82. The highest BCUT2D eigenvalue weighted by atomic mass is 35.5. The van der Waals surface area contributed by atoms with Crippen LogP contribution in [-0.4, -0.2) is 11.5 Å². The number of rotatable bonds is 4. The van der Waals surface area contributed by atoms with Crippen molar-refractivity contribution in [2.45, 2.75) is 19.9 Å². The van der Waals surface area contributed by atoms with Crippen LogP contribution in [0.5, 0.6) is 0 Å². The molecule has 0 amide bonds. The lowest BCUT2D eigenvalue weighted by Crippen LogP contribution is -2.22. The van der Waals surface area contributed by atoms with E-state index in [1.807, 2.05) is 25.4 Å². The molecule has 90 valence electrons. The van der Waals surface area contributed by atoms with Gasteiger partial charge in [-0.25, -0.2) is 0 Å². The minimum absolute atomic E-state index is 0.0265. The molecule has 2 aromatic heterocycles. The minimum atomic E-state index is 0.0265. The summed E-state index contributed by atoms with van der Waals surface area (Å²) in [4.78, 5) is 4.21. The van der Waals surface area contributed by atoms with Crippen molar-refractivity contribution >= 4 is 11.6 Å². The Hall–Kier alpha value is -1.32. The molecule has 0 aliphatic rings. The second-order valence-electron chi connectivity index (χ2n) is 3.94. The third kappa shape index (κ3) is 2.68. The first-order chi connectivity index (χ1) is 8.22. The maximum absolute atomic E-state index is 6.03. The number of halogens is 1. The number of hydrogen-bond acceptors (Lipinski definition) is 3. The van der Waals surface area contributed by atoms with Crippen LogP contribution in [0.3, 0.4) is 0 Å². The molecule has 0 fully saturated rings. The zero-order chi connectivity index (χ0) is 12.3. The first-order valence-electron chi connectivity index (χ1n) is 5.60. The first-order valence-corrected chi connectivity index (χ1v) is 5.98. The van der Waals surface area contributed by atoms with Crippen LogP contribution in [-0.2, 0) is 0 Å². The number of aryl methyl sites for hydroxylation is 1. The van der Waals surface area contributed by atoms with E-state index >= 15 is 0 Å². The number of nitrogens with one attached hydrogen (secondary N) is 1. The normalized spacial score (nSPS) is 12.6. The zero-order valence-corrected chi connectivity index (χ0v) is 10.7. The Balaban J connectivity index is 2.39. The van der Waals surface area contributed by atoms with Crippen LogP contribution < -0.4 is 5.32 Å². The molecule has 0 bridgehead atoms. The summed E-state index contributed by atoms with van der Waals surface area (Å²) in [6, 6.07) is 4.01. The third-order valence-corrected chi connectivity index (χ3v) is 2.90. The molecule has 0 aliphatic carbocycles. The van der Waals surface area contributed by atoms with Gasteiger partial charge < -0.3 is 9.73 Å². The lowest BCUT2D eigenvalue weighted by atomic mass is 10.0. The SMILES string of the molecule is CCNC(c1cncc(C)c1)c1ccoc1Cl. The molecule has 0 aromatic carbocycles. The Morgan fingerprint density at radius 2 is 2.29 bits per heavy atom. The average Bonchev–Trinajstić information content (AvgIpc) is 2.72. The fourth-order valence-electron chi connectivity index (χ4n) is 1.86. The van der Waals surface area contributed by atoms with Crippen LogP contribution in [0, 0.1) is 6.92 Å². The van der Waals surface area contributed by atoms with E-state index in [0.717, 1.165) is 23.2 Å².